The van der Waals surface area contributed by atoms with Crippen LogP contribution in [0.1, 0.15) is 18.2 Å². The Balaban J connectivity index is 2.17. The van der Waals surface area contributed by atoms with Crippen LogP contribution in [0, 0.1) is 0 Å². The largest absolute Gasteiger partial charge is 0.464 e. The van der Waals surface area contributed by atoms with Gasteiger partial charge in [0.2, 0.25) is 0 Å². The number of hydrogen-bond donors (Lipinski definition) is 0. The summed E-state index contributed by atoms with van der Waals surface area (Å²) in [5.41, 5.74) is 5.37. The van der Waals surface area contributed by atoms with Gasteiger partial charge in [-0.1, -0.05) is 0 Å². The maximum absolute atomic E-state index is 5.56. The van der Waals surface area contributed by atoms with Crippen LogP contribution in [-0.4, -0.2) is 23.1 Å². The topological polar surface area (TPSA) is 21.3 Å². The summed E-state index contributed by atoms with van der Waals surface area (Å²) in [7, 11) is 2.20. The summed E-state index contributed by atoms with van der Waals surface area (Å²) in [4.78, 5) is 2.40. The summed E-state index contributed by atoms with van der Waals surface area (Å²) < 4.78 is 8.04. The smallest absolute Gasteiger partial charge is 0.134 e. The predicted molar refractivity (Wildman–Crippen MR) is 77.4 cm³/mol. The van der Waals surface area contributed by atoms with Gasteiger partial charge in [0.15, 0.2) is 0 Å². The molecule has 0 fully saturated rings. The number of fused-ring (bicyclic) bond motifs is 5. The Morgan fingerprint density at radius 2 is 2.16 bits per heavy atom. The minimum atomic E-state index is 0.997. The zero-order valence-electron chi connectivity index (χ0n) is 11.4. The van der Waals surface area contributed by atoms with E-state index in [1.807, 2.05) is 0 Å². The average molecular weight is 254 g/mol. The first-order valence-corrected chi connectivity index (χ1v) is 6.98. The predicted octanol–water partition coefficient (Wildman–Crippen LogP) is 3.40. The molecule has 3 heterocycles. The molecule has 0 aliphatic carbocycles. The first-order chi connectivity index (χ1) is 9.29. The van der Waals surface area contributed by atoms with Crippen LogP contribution >= 0.6 is 0 Å². The van der Waals surface area contributed by atoms with Crippen molar-refractivity contribution >= 4 is 21.9 Å². The molecule has 3 heteroatoms. The summed E-state index contributed by atoms with van der Waals surface area (Å²) in [5.74, 6) is 0. The van der Waals surface area contributed by atoms with Gasteiger partial charge in [0.05, 0.1) is 6.26 Å². The van der Waals surface area contributed by atoms with Crippen molar-refractivity contribution in [2.24, 2.45) is 0 Å². The van der Waals surface area contributed by atoms with Gasteiger partial charge in [0, 0.05) is 48.0 Å². The van der Waals surface area contributed by atoms with E-state index in [1.54, 1.807) is 6.26 Å². The van der Waals surface area contributed by atoms with Crippen molar-refractivity contribution in [3.63, 3.8) is 0 Å². The summed E-state index contributed by atoms with van der Waals surface area (Å²) in [6.07, 6.45) is 2.94. The molecule has 0 radical (unpaired) electrons. The van der Waals surface area contributed by atoms with E-state index in [9.17, 15) is 0 Å². The lowest BCUT2D eigenvalue weighted by molar-refractivity contribution is 0.309. The maximum Gasteiger partial charge on any atom is 0.134 e. The van der Waals surface area contributed by atoms with Gasteiger partial charge in [-0.25, -0.2) is 0 Å². The number of rotatable bonds is 1. The molecule has 1 aromatic carbocycles. The van der Waals surface area contributed by atoms with Crippen LogP contribution in [0.4, 0.5) is 0 Å². The van der Waals surface area contributed by atoms with E-state index >= 15 is 0 Å². The van der Waals surface area contributed by atoms with Gasteiger partial charge in [-0.3, -0.25) is 0 Å². The Hall–Kier alpha value is -1.74. The SMILES string of the molecule is CCn1c2c(c3c4ccoc4ccc31)CN(C)CC2. The van der Waals surface area contributed by atoms with Crippen molar-refractivity contribution in [2.45, 2.75) is 26.4 Å². The molecule has 0 spiro atoms. The number of aromatic nitrogens is 1. The third kappa shape index (κ3) is 1.42. The van der Waals surface area contributed by atoms with Crippen molar-refractivity contribution in [3.05, 3.63) is 35.7 Å². The second kappa shape index (κ2) is 3.87. The summed E-state index contributed by atoms with van der Waals surface area (Å²) in [6.45, 7) is 5.47. The lowest BCUT2D eigenvalue weighted by Gasteiger charge is -2.24. The number of nitrogens with zero attached hydrogens (tertiary/aromatic N) is 2. The maximum atomic E-state index is 5.56. The second-order valence-corrected chi connectivity index (χ2v) is 5.45. The summed E-state index contributed by atoms with van der Waals surface area (Å²) in [6, 6.07) is 6.41. The normalized spacial score (nSPS) is 16.3. The molecule has 0 N–H and O–H groups in total. The van der Waals surface area contributed by atoms with Crippen LogP contribution in [0.5, 0.6) is 0 Å². The molecule has 3 nitrogen and oxygen atoms in total. The molecular weight excluding hydrogens is 236 g/mol. The Labute approximate surface area is 112 Å². The monoisotopic (exact) mass is 254 g/mol. The molecule has 3 aromatic rings. The van der Waals surface area contributed by atoms with Gasteiger partial charge in [-0.15, -0.1) is 0 Å². The van der Waals surface area contributed by atoms with Gasteiger partial charge in [0.25, 0.3) is 0 Å². The van der Waals surface area contributed by atoms with Crippen molar-refractivity contribution in [1.29, 1.82) is 0 Å². The quantitative estimate of drug-likeness (QED) is 0.663. The van der Waals surface area contributed by atoms with Crippen LogP contribution < -0.4 is 0 Å². The van der Waals surface area contributed by atoms with Crippen LogP contribution in [-0.2, 0) is 19.5 Å². The second-order valence-electron chi connectivity index (χ2n) is 5.45. The molecule has 0 bridgehead atoms. The lowest BCUT2D eigenvalue weighted by atomic mass is 10.0. The van der Waals surface area contributed by atoms with E-state index in [-0.39, 0.29) is 0 Å². The van der Waals surface area contributed by atoms with E-state index in [4.69, 9.17) is 4.42 Å². The lowest BCUT2D eigenvalue weighted by Crippen LogP contribution is -2.27. The molecular formula is C16H18N2O. The van der Waals surface area contributed by atoms with Crippen LogP contribution in [0.3, 0.4) is 0 Å². The number of aryl methyl sites for hydroxylation is 1. The van der Waals surface area contributed by atoms with E-state index in [1.165, 1.54) is 27.5 Å². The van der Waals surface area contributed by atoms with Crippen molar-refractivity contribution in [2.75, 3.05) is 13.6 Å². The Kier molecular flexibility index (Phi) is 2.27. The van der Waals surface area contributed by atoms with Crippen molar-refractivity contribution in [3.8, 4) is 0 Å². The Morgan fingerprint density at radius 3 is 3.00 bits per heavy atom. The van der Waals surface area contributed by atoms with E-state index in [2.05, 4.69) is 41.6 Å². The van der Waals surface area contributed by atoms with Gasteiger partial charge < -0.3 is 13.9 Å². The van der Waals surface area contributed by atoms with Gasteiger partial charge in [0.1, 0.15) is 5.58 Å². The van der Waals surface area contributed by atoms with Crippen molar-refractivity contribution in [1.82, 2.24) is 9.47 Å². The molecule has 0 saturated carbocycles. The first kappa shape index (κ1) is 11.1. The highest BCUT2D eigenvalue weighted by molar-refractivity contribution is 6.07. The average Bonchev–Trinajstić information content (AvgIpc) is 2.99. The molecule has 2 aromatic heterocycles. The third-order valence-electron chi connectivity index (χ3n) is 4.35. The van der Waals surface area contributed by atoms with Gasteiger partial charge >= 0.3 is 0 Å². The Morgan fingerprint density at radius 1 is 1.26 bits per heavy atom. The third-order valence-corrected chi connectivity index (χ3v) is 4.35. The molecule has 4 rings (SSSR count). The zero-order valence-corrected chi connectivity index (χ0v) is 11.4. The molecule has 0 amide bonds. The number of likely N-dealkylation sites (N-methyl/N-ethyl adjacent to an activating group) is 1. The minimum absolute atomic E-state index is 0.997. The van der Waals surface area contributed by atoms with Crippen LogP contribution in [0.2, 0.25) is 0 Å². The van der Waals surface area contributed by atoms with Gasteiger partial charge in [-0.05, 0) is 37.7 Å². The Bertz CT molecular complexity index is 766. The van der Waals surface area contributed by atoms with Crippen LogP contribution in [0.25, 0.3) is 21.9 Å². The molecule has 98 valence electrons. The molecule has 0 atom stereocenters. The highest BCUT2D eigenvalue weighted by atomic mass is 16.3. The fourth-order valence-corrected chi connectivity index (χ4v) is 3.49. The highest BCUT2D eigenvalue weighted by Crippen LogP contribution is 2.35. The minimum Gasteiger partial charge on any atom is -0.464 e. The molecule has 19 heavy (non-hydrogen) atoms. The first-order valence-electron chi connectivity index (χ1n) is 6.98. The molecule has 1 aliphatic heterocycles. The fourth-order valence-electron chi connectivity index (χ4n) is 3.49. The van der Waals surface area contributed by atoms with Crippen LogP contribution in [0.15, 0.2) is 28.9 Å². The van der Waals surface area contributed by atoms with Crippen molar-refractivity contribution < 1.29 is 4.42 Å². The molecule has 1 aliphatic rings. The summed E-state index contributed by atoms with van der Waals surface area (Å²) >= 11 is 0. The zero-order chi connectivity index (χ0) is 13.0. The van der Waals surface area contributed by atoms with E-state index < -0.39 is 0 Å². The molecule has 0 saturated heterocycles. The van der Waals surface area contributed by atoms with Gasteiger partial charge in [-0.2, -0.15) is 0 Å². The summed E-state index contributed by atoms with van der Waals surface area (Å²) in [5, 5.41) is 2.66. The highest BCUT2D eigenvalue weighted by Gasteiger charge is 2.23. The number of hydrogen-bond acceptors (Lipinski definition) is 2. The van der Waals surface area contributed by atoms with E-state index in [0.717, 1.165) is 31.6 Å². The standard InChI is InChI=1S/C16H18N2O/c1-3-18-13-6-8-17(2)10-12(13)16-11-7-9-19-15(11)5-4-14(16)18/h4-5,7,9H,3,6,8,10H2,1-2H3. The number of furan rings is 1. The molecule has 0 unspecified atom stereocenters. The number of benzene rings is 1. The van der Waals surface area contributed by atoms with E-state index in [0.29, 0.717) is 0 Å². The fraction of sp³-hybridized carbons (Fsp3) is 0.375.